The second-order valence-corrected chi connectivity index (χ2v) is 8.46. The summed E-state index contributed by atoms with van der Waals surface area (Å²) in [6.07, 6.45) is 6.58. The molecule has 1 saturated carbocycles. The standard InChI is InChI=1S/C27H27N3O/c28-21-13-16-24-23(17-21)25(27(31)30-24)26(20-9-5-2-6-10-20)29-22-14-11-19(12-15-22)18-7-3-1-4-8-18/h2,5-6,9-18,29H,1,3-4,7-8,28H2,(H,30,31). The highest BCUT2D eigenvalue weighted by molar-refractivity contribution is 6.37. The lowest BCUT2D eigenvalue weighted by molar-refractivity contribution is -0.110. The van der Waals surface area contributed by atoms with Gasteiger partial charge in [-0.05, 0) is 60.2 Å². The molecule has 3 aromatic rings. The lowest BCUT2D eigenvalue weighted by atomic mass is 9.84. The van der Waals surface area contributed by atoms with Crippen LogP contribution in [0.5, 0.6) is 0 Å². The Kier molecular flexibility index (Phi) is 5.21. The number of nitrogens with two attached hydrogens (primary N) is 1. The van der Waals surface area contributed by atoms with E-state index in [1.807, 2.05) is 48.5 Å². The van der Waals surface area contributed by atoms with Gasteiger partial charge >= 0.3 is 0 Å². The van der Waals surface area contributed by atoms with Gasteiger partial charge < -0.3 is 16.4 Å². The number of nitrogens with one attached hydrogen (secondary N) is 2. The minimum Gasteiger partial charge on any atom is -0.399 e. The molecule has 1 aliphatic carbocycles. The van der Waals surface area contributed by atoms with Gasteiger partial charge in [-0.15, -0.1) is 0 Å². The molecule has 3 aromatic carbocycles. The van der Waals surface area contributed by atoms with Crippen molar-refractivity contribution in [2.75, 3.05) is 16.4 Å². The van der Waals surface area contributed by atoms with E-state index in [9.17, 15) is 4.79 Å². The molecule has 4 N–H and O–H groups in total. The molecule has 1 aliphatic heterocycles. The van der Waals surface area contributed by atoms with Crippen LogP contribution in [0.15, 0.2) is 72.8 Å². The number of benzene rings is 3. The van der Waals surface area contributed by atoms with Gasteiger partial charge in [-0.1, -0.05) is 61.7 Å². The molecule has 0 aromatic heterocycles. The number of carbonyl (C=O) groups is 1. The van der Waals surface area contributed by atoms with E-state index in [4.69, 9.17) is 5.73 Å². The Hall–Kier alpha value is -3.53. The number of rotatable bonds is 4. The van der Waals surface area contributed by atoms with Crippen LogP contribution in [0, 0.1) is 0 Å². The number of amides is 1. The molecule has 1 heterocycles. The van der Waals surface area contributed by atoms with E-state index in [1.165, 1.54) is 37.7 Å². The largest absolute Gasteiger partial charge is 0.399 e. The zero-order valence-corrected chi connectivity index (χ0v) is 17.5. The summed E-state index contributed by atoms with van der Waals surface area (Å²) in [7, 11) is 0. The van der Waals surface area contributed by atoms with Crippen molar-refractivity contribution >= 4 is 34.2 Å². The average Bonchev–Trinajstić information content (AvgIpc) is 3.14. The van der Waals surface area contributed by atoms with Crippen molar-refractivity contribution in [3.63, 3.8) is 0 Å². The van der Waals surface area contributed by atoms with E-state index in [2.05, 4.69) is 34.9 Å². The third-order valence-corrected chi connectivity index (χ3v) is 6.36. The molecular formula is C27H27N3O. The summed E-state index contributed by atoms with van der Waals surface area (Å²) in [4.78, 5) is 13.0. The van der Waals surface area contributed by atoms with Crippen molar-refractivity contribution in [3.05, 3.63) is 89.5 Å². The van der Waals surface area contributed by atoms with E-state index in [0.717, 1.165) is 28.2 Å². The maximum Gasteiger partial charge on any atom is 0.258 e. The number of hydrogen-bond acceptors (Lipinski definition) is 3. The van der Waals surface area contributed by atoms with Gasteiger partial charge in [0.1, 0.15) is 0 Å². The zero-order chi connectivity index (χ0) is 21.2. The molecule has 4 heteroatoms. The smallest absolute Gasteiger partial charge is 0.258 e. The first-order valence-corrected chi connectivity index (χ1v) is 11.1. The zero-order valence-electron chi connectivity index (χ0n) is 17.5. The molecule has 31 heavy (non-hydrogen) atoms. The molecule has 0 saturated heterocycles. The Labute approximate surface area is 183 Å². The third kappa shape index (κ3) is 3.93. The first-order valence-electron chi connectivity index (χ1n) is 11.1. The molecule has 4 nitrogen and oxygen atoms in total. The first-order chi connectivity index (χ1) is 15.2. The highest BCUT2D eigenvalue weighted by Gasteiger charge is 2.28. The molecule has 0 radical (unpaired) electrons. The van der Waals surface area contributed by atoms with E-state index >= 15 is 0 Å². The maximum absolute atomic E-state index is 13.0. The van der Waals surface area contributed by atoms with E-state index < -0.39 is 0 Å². The summed E-state index contributed by atoms with van der Waals surface area (Å²) in [5, 5.41) is 6.51. The molecular weight excluding hydrogens is 382 g/mol. The minimum atomic E-state index is -0.120. The van der Waals surface area contributed by atoms with E-state index in [1.54, 1.807) is 0 Å². The summed E-state index contributed by atoms with van der Waals surface area (Å²) in [6.45, 7) is 0. The fraction of sp³-hybridized carbons (Fsp3) is 0.222. The summed E-state index contributed by atoms with van der Waals surface area (Å²) >= 11 is 0. The van der Waals surface area contributed by atoms with Gasteiger partial charge in [0.05, 0.1) is 11.3 Å². The van der Waals surface area contributed by atoms with Crippen LogP contribution in [-0.2, 0) is 4.79 Å². The minimum absolute atomic E-state index is 0.120. The number of carbonyl (C=O) groups excluding carboxylic acids is 1. The summed E-state index contributed by atoms with van der Waals surface area (Å²) < 4.78 is 0. The van der Waals surface area contributed by atoms with Crippen LogP contribution >= 0.6 is 0 Å². The van der Waals surface area contributed by atoms with E-state index in [0.29, 0.717) is 17.2 Å². The molecule has 1 amide bonds. The molecule has 5 rings (SSSR count). The van der Waals surface area contributed by atoms with Gasteiger partial charge in [0.25, 0.3) is 5.91 Å². The Morgan fingerprint density at radius 1 is 0.903 bits per heavy atom. The normalized spacial score (nSPS) is 17.7. The van der Waals surface area contributed by atoms with Crippen LogP contribution in [0.2, 0.25) is 0 Å². The van der Waals surface area contributed by atoms with Gasteiger partial charge in [-0.25, -0.2) is 0 Å². The van der Waals surface area contributed by atoms with Crippen molar-refractivity contribution in [1.29, 1.82) is 0 Å². The van der Waals surface area contributed by atoms with Gasteiger partial charge in [-0.2, -0.15) is 0 Å². The van der Waals surface area contributed by atoms with E-state index in [-0.39, 0.29) is 5.91 Å². The third-order valence-electron chi connectivity index (χ3n) is 6.36. The van der Waals surface area contributed by atoms with Crippen molar-refractivity contribution in [3.8, 4) is 0 Å². The quantitative estimate of drug-likeness (QED) is 0.352. The van der Waals surface area contributed by atoms with Crippen LogP contribution in [0.25, 0.3) is 11.3 Å². The predicted octanol–water partition coefficient (Wildman–Crippen LogP) is 6.25. The molecule has 2 aliphatic rings. The monoisotopic (exact) mass is 409 g/mol. The second kappa shape index (κ2) is 8.31. The van der Waals surface area contributed by atoms with Crippen molar-refractivity contribution in [2.45, 2.75) is 38.0 Å². The first kappa shape index (κ1) is 19.4. The Morgan fingerprint density at radius 2 is 1.65 bits per heavy atom. The predicted molar refractivity (Wildman–Crippen MR) is 129 cm³/mol. The van der Waals surface area contributed by atoms with Crippen molar-refractivity contribution < 1.29 is 4.79 Å². The van der Waals surface area contributed by atoms with Crippen LogP contribution in [0.3, 0.4) is 0 Å². The Balaban J connectivity index is 1.54. The van der Waals surface area contributed by atoms with Gasteiger partial charge in [0.15, 0.2) is 0 Å². The van der Waals surface area contributed by atoms with Crippen LogP contribution in [0.4, 0.5) is 17.1 Å². The Morgan fingerprint density at radius 3 is 2.39 bits per heavy atom. The fourth-order valence-corrected chi connectivity index (χ4v) is 4.74. The van der Waals surface area contributed by atoms with Crippen LogP contribution < -0.4 is 16.4 Å². The van der Waals surface area contributed by atoms with Gasteiger partial charge in [0.2, 0.25) is 0 Å². The molecule has 0 spiro atoms. The highest BCUT2D eigenvalue weighted by Crippen LogP contribution is 2.39. The fourth-order valence-electron chi connectivity index (χ4n) is 4.74. The van der Waals surface area contributed by atoms with Gasteiger partial charge in [0, 0.05) is 22.6 Å². The summed E-state index contributed by atoms with van der Waals surface area (Å²) in [5.74, 6) is 0.552. The number of hydrogen-bond donors (Lipinski definition) is 3. The lowest BCUT2D eigenvalue weighted by Gasteiger charge is -2.22. The summed E-state index contributed by atoms with van der Waals surface area (Å²) in [5.41, 5.74) is 13.0. The van der Waals surface area contributed by atoms with Crippen molar-refractivity contribution in [2.24, 2.45) is 0 Å². The van der Waals surface area contributed by atoms with Crippen molar-refractivity contribution in [1.82, 2.24) is 0 Å². The maximum atomic E-state index is 13.0. The SMILES string of the molecule is Nc1ccc2c(c1)C(=C(Nc1ccc(C3CCCCC3)cc1)c1ccccc1)C(=O)N2. The second-order valence-electron chi connectivity index (χ2n) is 8.46. The molecule has 0 unspecified atom stereocenters. The van der Waals surface area contributed by atoms with Crippen LogP contribution in [0.1, 0.15) is 54.7 Å². The number of nitrogen functional groups attached to an aromatic ring is 1. The molecule has 0 bridgehead atoms. The lowest BCUT2D eigenvalue weighted by Crippen LogP contribution is -2.10. The van der Waals surface area contributed by atoms with Crippen LogP contribution in [-0.4, -0.2) is 5.91 Å². The molecule has 156 valence electrons. The number of anilines is 3. The molecule has 1 fully saturated rings. The Bertz CT molecular complexity index is 1130. The average molecular weight is 410 g/mol. The number of fused-ring (bicyclic) bond motifs is 1. The highest BCUT2D eigenvalue weighted by atomic mass is 16.2. The molecule has 0 atom stereocenters. The summed E-state index contributed by atoms with van der Waals surface area (Å²) in [6, 6.07) is 24.2. The van der Waals surface area contributed by atoms with Gasteiger partial charge in [-0.3, -0.25) is 4.79 Å². The topological polar surface area (TPSA) is 67.1 Å².